The zero-order chi connectivity index (χ0) is 13.1. The highest BCUT2D eigenvalue weighted by Gasteiger charge is 2.31. The van der Waals surface area contributed by atoms with Crippen molar-refractivity contribution in [3.05, 3.63) is 29.8 Å². The molecule has 0 aliphatic rings. The molecule has 0 bridgehead atoms. The monoisotopic (exact) mass is 249 g/mol. The largest absolute Gasteiger partial charge is 0.573 e. The summed E-state index contributed by atoms with van der Waals surface area (Å²) in [5, 5.41) is 8.56. The lowest BCUT2D eigenvalue weighted by atomic mass is 10.1. The number of nitrogens with two attached hydrogens (primary N) is 1. The summed E-state index contributed by atoms with van der Waals surface area (Å²) < 4.78 is 39.5. The third-order valence-corrected chi connectivity index (χ3v) is 1.90. The molecule has 0 saturated heterocycles. The first-order chi connectivity index (χ1) is 7.78. The number of aliphatic carboxylic acids is 1. The van der Waals surface area contributed by atoms with E-state index < -0.39 is 24.1 Å². The molecule has 0 aromatic heterocycles. The lowest BCUT2D eigenvalue weighted by Crippen LogP contribution is -2.32. The second-order valence-electron chi connectivity index (χ2n) is 3.34. The van der Waals surface area contributed by atoms with E-state index in [0.717, 1.165) is 12.1 Å². The summed E-state index contributed by atoms with van der Waals surface area (Å²) in [5.74, 6) is -1.61. The third-order valence-electron chi connectivity index (χ3n) is 1.90. The van der Waals surface area contributed by atoms with Gasteiger partial charge in [-0.3, -0.25) is 4.79 Å². The predicted molar refractivity (Wildman–Crippen MR) is 52.4 cm³/mol. The molecule has 4 nitrogen and oxygen atoms in total. The van der Waals surface area contributed by atoms with Crippen LogP contribution in [0, 0.1) is 0 Å². The van der Waals surface area contributed by atoms with Crippen molar-refractivity contribution in [2.75, 3.05) is 0 Å². The molecule has 0 fully saturated rings. The minimum atomic E-state index is -4.77. The molecule has 1 aromatic rings. The van der Waals surface area contributed by atoms with Gasteiger partial charge < -0.3 is 15.6 Å². The van der Waals surface area contributed by atoms with Gasteiger partial charge in [0.05, 0.1) is 0 Å². The summed E-state index contributed by atoms with van der Waals surface area (Å²) in [5.41, 5.74) is 5.63. The van der Waals surface area contributed by atoms with E-state index in [2.05, 4.69) is 4.74 Å². The van der Waals surface area contributed by atoms with Crippen molar-refractivity contribution in [3.8, 4) is 5.75 Å². The quantitative estimate of drug-likeness (QED) is 0.848. The maximum absolute atomic E-state index is 11.9. The van der Waals surface area contributed by atoms with E-state index in [1.807, 2.05) is 0 Å². The summed E-state index contributed by atoms with van der Waals surface area (Å²) in [6.45, 7) is 0. The van der Waals surface area contributed by atoms with Crippen molar-refractivity contribution >= 4 is 5.97 Å². The topological polar surface area (TPSA) is 72.5 Å². The van der Waals surface area contributed by atoms with Gasteiger partial charge in [-0.05, 0) is 24.1 Å². The molecule has 1 aromatic carbocycles. The Morgan fingerprint density at radius 3 is 2.65 bits per heavy atom. The SMILES string of the molecule is N[C@@H](Cc1cccc(OC(F)(F)F)c1)C(=O)O. The molecule has 0 radical (unpaired) electrons. The molecule has 17 heavy (non-hydrogen) atoms. The van der Waals surface area contributed by atoms with Gasteiger partial charge in [-0.1, -0.05) is 12.1 Å². The summed E-state index contributed by atoms with van der Waals surface area (Å²) in [4.78, 5) is 10.5. The van der Waals surface area contributed by atoms with Crippen LogP contribution in [0.4, 0.5) is 13.2 Å². The maximum atomic E-state index is 11.9. The molecule has 0 unspecified atom stereocenters. The second-order valence-corrected chi connectivity index (χ2v) is 3.34. The Bertz CT molecular complexity index is 406. The highest BCUT2D eigenvalue weighted by atomic mass is 19.4. The third kappa shape index (κ3) is 4.73. The van der Waals surface area contributed by atoms with E-state index in [1.165, 1.54) is 12.1 Å². The van der Waals surface area contributed by atoms with Crippen LogP contribution in [0.1, 0.15) is 5.56 Å². The Hall–Kier alpha value is -1.76. The number of halogens is 3. The van der Waals surface area contributed by atoms with Crippen LogP contribution in [0.5, 0.6) is 5.75 Å². The van der Waals surface area contributed by atoms with Crippen LogP contribution >= 0.6 is 0 Å². The molecule has 94 valence electrons. The van der Waals surface area contributed by atoms with Crippen LogP contribution in [0.25, 0.3) is 0 Å². The van der Waals surface area contributed by atoms with E-state index in [-0.39, 0.29) is 6.42 Å². The summed E-state index contributed by atoms with van der Waals surface area (Å²) in [6, 6.07) is 3.90. The zero-order valence-electron chi connectivity index (χ0n) is 8.57. The van der Waals surface area contributed by atoms with E-state index in [0.29, 0.717) is 5.56 Å². The molecule has 0 amide bonds. The van der Waals surface area contributed by atoms with Crippen LogP contribution in [-0.4, -0.2) is 23.5 Å². The number of alkyl halides is 3. The van der Waals surface area contributed by atoms with Gasteiger partial charge in [0, 0.05) is 0 Å². The van der Waals surface area contributed by atoms with Gasteiger partial charge in [-0.25, -0.2) is 0 Å². The summed E-state index contributed by atoms with van der Waals surface area (Å²) >= 11 is 0. The Morgan fingerprint density at radius 2 is 2.12 bits per heavy atom. The fraction of sp³-hybridized carbons (Fsp3) is 0.300. The summed E-state index contributed by atoms with van der Waals surface area (Å²) in [7, 11) is 0. The molecular formula is C10H10F3NO3. The van der Waals surface area contributed by atoms with Crippen LogP contribution in [0.3, 0.4) is 0 Å². The molecule has 0 heterocycles. The van der Waals surface area contributed by atoms with E-state index in [4.69, 9.17) is 10.8 Å². The Morgan fingerprint density at radius 1 is 1.47 bits per heavy atom. The first kappa shape index (κ1) is 13.3. The number of hydrogen-bond donors (Lipinski definition) is 2. The predicted octanol–water partition coefficient (Wildman–Crippen LogP) is 1.54. The van der Waals surface area contributed by atoms with Gasteiger partial charge in [-0.15, -0.1) is 13.2 Å². The summed E-state index contributed by atoms with van der Waals surface area (Å²) in [6.07, 6.45) is -4.84. The molecular weight excluding hydrogens is 239 g/mol. The average Bonchev–Trinajstić information content (AvgIpc) is 2.15. The van der Waals surface area contributed by atoms with Crippen LogP contribution in [0.2, 0.25) is 0 Å². The molecule has 0 aliphatic carbocycles. The van der Waals surface area contributed by atoms with Gasteiger partial charge in [0.15, 0.2) is 0 Å². The smallest absolute Gasteiger partial charge is 0.480 e. The molecule has 0 saturated carbocycles. The number of carbonyl (C=O) groups is 1. The molecule has 1 atom stereocenters. The standard InChI is InChI=1S/C10H10F3NO3/c11-10(12,13)17-7-3-1-2-6(4-7)5-8(14)9(15)16/h1-4,8H,5,14H2,(H,15,16)/t8-/m0/s1. The molecule has 0 aliphatic heterocycles. The van der Waals surface area contributed by atoms with Crippen molar-refractivity contribution in [2.24, 2.45) is 5.73 Å². The molecule has 1 rings (SSSR count). The number of ether oxygens (including phenoxy) is 1. The first-order valence-electron chi connectivity index (χ1n) is 4.61. The van der Waals surface area contributed by atoms with Gasteiger partial charge in [-0.2, -0.15) is 0 Å². The Labute approximate surface area is 94.8 Å². The number of benzene rings is 1. The first-order valence-corrected chi connectivity index (χ1v) is 4.61. The van der Waals surface area contributed by atoms with Crippen molar-refractivity contribution in [2.45, 2.75) is 18.8 Å². The molecule has 0 spiro atoms. The highest BCUT2D eigenvalue weighted by Crippen LogP contribution is 2.23. The lowest BCUT2D eigenvalue weighted by Gasteiger charge is -2.11. The van der Waals surface area contributed by atoms with E-state index in [9.17, 15) is 18.0 Å². The van der Waals surface area contributed by atoms with Gasteiger partial charge >= 0.3 is 12.3 Å². The minimum Gasteiger partial charge on any atom is -0.480 e. The van der Waals surface area contributed by atoms with Crippen molar-refractivity contribution in [3.63, 3.8) is 0 Å². The zero-order valence-corrected chi connectivity index (χ0v) is 8.57. The van der Waals surface area contributed by atoms with Crippen molar-refractivity contribution in [1.82, 2.24) is 0 Å². The normalized spacial score (nSPS) is 13.2. The molecule has 7 heteroatoms. The minimum absolute atomic E-state index is 0.0651. The number of carboxylic acids is 1. The van der Waals surface area contributed by atoms with Gasteiger partial charge in [0.25, 0.3) is 0 Å². The Kier molecular flexibility index (Phi) is 3.95. The van der Waals surface area contributed by atoms with Crippen molar-refractivity contribution < 1.29 is 27.8 Å². The average molecular weight is 249 g/mol. The number of hydrogen-bond acceptors (Lipinski definition) is 3. The fourth-order valence-electron chi connectivity index (χ4n) is 1.21. The van der Waals surface area contributed by atoms with E-state index >= 15 is 0 Å². The second kappa shape index (κ2) is 5.05. The van der Waals surface area contributed by atoms with Crippen LogP contribution in [-0.2, 0) is 11.2 Å². The Balaban J connectivity index is 2.76. The van der Waals surface area contributed by atoms with Crippen LogP contribution < -0.4 is 10.5 Å². The van der Waals surface area contributed by atoms with Gasteiger partial charge in [0.2, 0.25) is 0 Å². The van der Waals surface area contributed by atoms with E-state index in [1.54, 1.807) is 0 Å². The number of carboxylic acid groups (broad SMARTS) is 1. The highest BCUT2D eigenvalue weighted by molar-refractivity contribution is 5.73. The van der Waals surface area contributed by atoms with Gasteiger partial charge in [0.1, 0.15) is 11.8 Å². The van der Waals surface area contributed by atoms with Crippen molar-refractivity contribution in [1.29, 1.82) is 0 Å². The number of rotatable bonds is 4. The van der Waals surface area contributed by atoms with Crippen LogP contribution in [0.15, 0.2) is 24.3 Å². The fourth-order valence-corrected chi connectivity index (χ4v) is 1.21. The molecule has 3 N–H and O–H groups in total. The lowest BCUT2D eigenvalue weighted by molar-refractivity contribution is -0.274. The maximum Gasteiger partial charge on any atom is 0.573 e.